The van der Waals surface area contributed by atoms with E-state index in [9.17, 15) is 4.79 Å². The fraction of sp³-hybridized carbons (Fsp3) is 0.0800. The van der Waals surface area contributed by atoms with Crippen molar-refractivity contribution in [1.29, 1.82) is 0 Å². The van der Waals surface area contributed by atoms with Crippen LogP contribution in [-0.2, 0) is 0 Å². The van der Waals surface area contributed by atoms with E-state index in [1.807, 2.05) is 34.9 Å². The number of hydrogen-bond acceptors (Lipinski definition) is 1. The number of rotatable bonds is 2. The Balaban J connectivity index is 1.84. The van der Waals surface area contributed by atoms with Gasteiger partial charge in [0, 0.05) is 11.0 Å². The summed E-state index contributed by atoms with van der Waals surface area (Å²) in [4.78, 5) is 13.5. The third-order valence-corrected chi connectivity index (χ3v) is 5.31. The summed E-state index contributed by atoms with van der Waals surface area (Å²) in [5, 5.41) is 1.09. The van der Waals surface area contributed by atoms with E-state index in [-0.39, 0.29) is 5.91 Å². The third-order valence-electron chi connectivity index (χ3n) is 5.31. The Bertz CT molecular complexity index is 1220. The van der Waals surface area contributed by atoms with Crippen LogP contribution in [0.1, 0.15) is 32.7 Å². The zero-order valence-corrected chi connectivity index (χ0v) is 15.4. The molecule has 0 N–H and O–H groups in total. The van der Waals surface area contributed by atoms with Crippen LogP contribution in [0.15, 0.2) is 78.9 Å². The average molecular weight is 349 g/mol. The molecule has 0 radical (unpaired) electrons. The molecule has 1 aromatic heterocycles. The molecule has 0 atom stereocenters. The maximum absolute atomic E-state index is 13.5. The quantitative estimate of drug-likeness (QED) is 0.443. The zero-order chi connectivity index (χ0) is 18.5. The fourth-order valence-electron chi connectivity index (χ4n) is 3.90. The fourth-order valence-corrected chi connectivity index (χ4v) is 3.90. The summed E-state index contributed by atoms with van der Waals surface area (Å²) in [6.45, 7) is 4.14. The Morgan fingerprint density at radius 1 is 0.667 bits per heavy atom. The third kappa shape index (κ3) is 2.37. The van der Waals surface area contributed by atoms with Crippen LogP contribution in [0.3, 0.4) is 0 Å². The zero-order valence-electron chi connectivity index (χ0n) is 15.4. The van der Waals surface area contributed by atoms with Gasteiger partial charge in [-0.3, -0.25) is 9.36 Å². The monoisotopic (exact) mass is 349 g/mol. The molecule has 0 bridgehead atoms. The highest BCUT2D eigenvalue weighted by atomic mass is 16.2. The molecule has 27 heavy (non-hydrogen) atoms. The number of aryl methyl sites for hydroxylation is 2. The average Bonchev–Trinajstić information content (AvgIpc) is 3.18. The molecule has 2 heterocycles. The molecule has 0 unspecified atom stereocenters. The SMILES string of the molecule is Cc1ccc(C2=C(c3ccc(C)cc3)c3cc4ccccc4n3C2=O)cc1. The van der Waals surface area contributed by atoms with Crippen LogP contribution in [0.5, 0.6) is 0 Å². The molecule has 0 saturated heterocycles. The maximum atomic E-state index is 13.5. The van der Waals surface area contributed by atoms with Gasteiger partial charge in [0.05, 0.1) is 16.8 Å². The summed E-state index contributed by atoms with van der Waals surface area (Å²) >= 11 is 0. The number of benzene rings is 3. The van der Waals surface area contributed by atoms with Crippen molar-refractivity contribution in [2.24, 2.45) is 0 Å². The minimum absolute atomic E-state index is 0.0469. The van der Waals surface area contributed by atoms with Gasteiger partial charge in [0.2, 0.25) is 0 Å². The van der Waals surface area contributed by atoms with Crippen molar-refractivity contribution in [2.75, 3.05) is 0 Å². The predicted molar refractivity (Wildman–Crippen MR) is 111 cm³/mol. The highest BCUT2D eigenvalue weighted by molar-refractivity contribution is 6.35. The minimum atomic E-state index is 0.0469. The Hall–Kier alpha value is -3.39. The first kappa shape index (κ1) is 15.8. The van der Waals surface area contributed by atoms with Crippen molar-refractivity contribution in [3.05, 3.63) is 107 Å². The van der Waals surface area contributed by atoms with Gasteiger partial charge in [0.1, 0.15) is 0 Å². The molecule has 2 heteroatoms. The molecule has 1 aliphatic rings. The van der Waals surface area contributed by atoms with E-state index < -0.39 is 0 Å². The summed E-state index contributed by atoms with van der Waals surface area (Å²) < 4.78 is 1.86. The van der Waals surface area contributed by atoms with Crippen LogP contribution < -0.4 is 0 Å². The first-order valence-corrected chi connectivity index (χ1v) is 9.17. The number of aromatic nitrogens is 1. The number of allylic oxidation sites excluding steroid dienone is 1. The van der Waals surface area contributed by atoms with E-state index in [1.165, 1.54) is 11.1 Å². The van der Waals surface area contributed by atoms with Gasteiger partial charge in [0.25, 0.3) is 5.91 Å². The normalized spacial score (nSPS) is 13.5. The van der Waals surface area contributed by atoms with Gasteiger partial charge in [-0.15, -0.1) is 0 Å². The van der Waals surface area contributed by atoms with Gasteiger partial charge >= 0.3 is 0 Å². The smallest absolute Gasteiger partial charge is 0.264 e. The molecule has 1 aliphatic heterocycles. The molecule has 3 aromatic carbocycles. The van der Waals surface area contributed by atoms with Crippen LogP contribution in [0.2, 0.25) is 0 Å². The lowest BCUT2D eigenvalue weighted by molar-refractivity contribution is 0.0989. The van der Waals surface area contributed by atoms with Crippen LogP contribution in [0, 0.1) is 13.8 Å². The molecule has 2 nitrogen and oxygen atoms in total. The van der Waals surface area contributed by atoms with Crippen LogP contribution >= 0.6 is 0 Å². The Kier molecular flexibility index (Phi) is 3.41. The lowest BCUT2D eigenvalue weighted by Crippen LogP contribution is -2.07. The second-order valence-electron chi connectivity index (χ2n) is 7.21. The highest BCUT2D eigenvalue weighted by Crippen LogP contribution is 2.42. The molecule has 4 aromatic rings. The van der Waals surface area contributed by atoms with Crippen molar-refractivity contribution in [2.45, 2.75) is 13.8 Å². The summed E-state index contributed by atoms with van der Waals surface area (Å²) in [7, 11) is 0. The number of para-hydroxylation sites is 1. The Morgan fingerprint density at radius 2 is 1.22 bits per heavy atom. The molecular formula is C25H19NO. The van der Waals surface area contributed by atoms with Gasteiger partial charge in [-0.25, -0.2) is 0 Å². The largest absolute Gasteiger partial charge is 0.276 e. The van der Waals surface area contributed by atoms with Gasteiger partial charge in [-0.1, -0.05) is 77.9 Å². The number of hydrogen-bond donors (Lipinski definition) is 0. The van der Waals surface area contributed by atoms with Crippen LogP contribution in [0.25, 0.3) is 22.0 Å². The van der Waals surface area contributed by atoms with E-state index in [1.54, 1.807) is 0 Å². The standard InChI is InChI=1S/C25H19NO/c1-16-7-11-18(12-8-16)23-22-15-20-5-3-4-6-21(20)26(22)25(27)24(23)19-13-9-17(2)10-14-19/h3-15H,1-2H3. The molecule has 5 rings (SSSR count). The molecule has 0 fully saturated rings. The molecule has 0 saturated carbocycles. The van der Waals surface area contributed by atoms with Crippen LogP contribution in [0.4, 0.5) is 0 Å². The predicted octanol–water partition coefficient (Wildman–Crippen LogP) is 5.87. The van der Waals surface area contributed by atoms with Crippen molar-refractivity contribution in [3.8, 4) is 0 Å². The Morgan fingerprint density at radius 3 is 1.85 bits per heavy atom. The van der Waals surface area contributed by atoms with Crippen molar-refractivity contribution in [1.82, 2.24) is 4.57 Å². The lowest BCUT2D eigenvalue weighted by atomic mass is 9.93. The number of carbonyl (C=O) groups excluding carboxylic acids is 1. The van der Waals surface area contributed by atoms with E-state index in [4.69, 9.17) is 0 Å². The first-order chi connectivity index (χ1) is 13.1. The summed E-state index contributed by atoms with van der Waals surface area (Å²) in [5.74, 6) is 0.0469. The van der Waals surface area contributed by atoms with Crippen LogP contribution in [-0.4, -0.2) is 10.5 Å². The second kappa shape index (κ2) is 5.82. The van der Waals surface area contributed by atoms with E-state index in [2.05, 4.69) is 62.4 Å². The topological polar surface area (TPSA) is 22.0 Å². The van der Waals surface area contributed by atoms with Gasteiger partial charge < -0.3 is 0 Å². The summed E-state index contributed by atoms with van der Waals surface area (Å²) in [6, 6.07) is 26.8. The van der Waals surface area contributed by atoms with Gasteiger partial charge in [-0.2, -0.15) is 0 Å². The second-order valence-corrected chi connectivity index (χ2v) is 7.21. The van der Waals surface area contributed by atoms with Crippen molar-refractivity contribution in [3.63, 3.8) is 0 Å². The van der Waals surface area contributed by atoms with Crippen molar-refractivity contribution >= 4 is 28.0 Å². The summed E-state index contributed by atoms with van der Waals surface area (Å²) in [6.07, 6.45) is 0. The van der Waals surface area contributed by atoms with E-state index in [0.717, 1.165) is 38.9 Å². The van der Waals surface area contributed by atoms with E-state index >= 15 is 0 Å². The number of nitrogens with zero attached hydrogens (tertiary/aromatic N) is 1. The molecule has 0 spiro atoms. The highest BCUT2D eigenvalue weighted by Gasteiger charge is 2.32. The Labute approximate surface area is 158 Å². The molecule has 130 valence electrons. The number of fused-ring (bicyclic) bond motifs is 3. The van der Waals surface area contributed by atoms with Gasteiger partial charge in [-0.05, 0) is 37.1 Å². The maximum Gasteiger partial charge on any atom is 0.264 e. The minimum Gasteiger partial charge on any atom is -0.276 e. The van der Waals surface area contributed by atoms with E-state index in [0.29, 0.717) is 0 Å². The molecule has 0 aliphatic carbocycles. The summed E-state index contributed by atoms with van der Waals surface area (Å²) in [5.41, 5.74) is 8.16. The van der Waals surface area contributed by atoms with Crippen molar-refractivity contribution < 1.29 is 4.79 Å². The number of carbonyl (C=O) groups is 1. The van der Waals surface area contributed by atoms with Gasteiger partial charge in [0.15, 0.2) is 0 Å². The lowest BCUT2D eigenvalue weighted by Gasteiger charge is -2.08. The molecule has 0 amide bonds. The first-order valence-electron chi connectivity index (χ1n) is 9.17. The molecular weight excluding hydrogens is 330 g/mol.